The van der Waals surface area contributed by atoms with E-state index in [1.54, 1.807) is 6.20 Å². The SMILES string of the molecule is CCOc1cccnc1NC1CC(OCC)C1(C)C. The fourth-order valence-electron chi connectivity index (χ4n) is 2.55. The summed E-state index contributed by atoms with van der Waals surface area (Å²) in [5.41, 5.74) is 0.122. The molecule has 0 aliphatic heterocycles. The number of hydrogen-bond donors (Lipinski definition) is 1. The number of rotatable bonds is 6. The fourth-order valence-corrected chi connectivity index (χ4v) is 2.55. The molecular weight excluding hydrogens is 240 g/mol. The Labute approximate surface area is 115 Å². The molecule has 1 aliphatic carbocycles. The molecule has 2 atom stereocenters. The first kappa shape index (κ1) is 14.1. The summed E-state index contributed by atoms with van der Waals surface area (Å²) in [6, 6.07) is 4.22. The maximum Gasteiger partial charge on any atom is 0.168 e. The van der Waals surface area contributed by atoms with Crippen LogP contribution in [0.3, 0.4) is 0 Å². The minimum atomic E-state index is 0.122. The average Bonchev–Trinajstić information content (AvgIpc) is 2.40. The topological polar surface area (TPSA) is 43.4 Å². The highest BCUT2D eigenvalue weighted by atomic mass is 16.5. The van der Waals surface area contributed by atoms with Gasteiger partial charge < -0.3 is 14.8 Å². The first-order valence-corrected chi connectivity index (χ1v) is 7.05. The second kappa shape index (κ2) is 5.78. The van der Waals surface area contributed by atoms with Gasteiger partial charge in [-0.25, -0.2) is 4.98 Å². The third-order valence-electron chi connectivity index (χ3n) is 3.93. The van der Waals surface area contributed by atoms with Crippen LogP contribution in [0.2, 0.25) is 0 Å². The van der Waals surface area contributed by atoms with Gasteiger partial charge in [0.2, 0.25) is 0 Å². The summed E-state index contributed by atoms with van der Waals surface area (Å²) in [5, 5.41) is 3.49. The lowest BCUT2D eigenvalue weighted by atomic mass is 9.64. The van der Waals surface area contributed by atoms with E-state index in [0.29, 0.717) is 18.8 Å². The standard InChI is InChI=1S/C15H24N2O2/c1-5-18-11-8-7-9-16-14(11)17-12-10-13(19-6-2)15(12,3)4/h7-9,12-13H,5-6,10H2,1-4H3,(H,16,17). The van der Waals surface area contributed by atoms with Crippen molar-refractivity contribution in [1.29, 1.82) is 0 Å². The molecule has 1 N–H and O–H groups in total. The smallest absolute Gasteiger partial charge is 0.168 e. The van der Waals surface area contributed by atoms with Crippen molar-refractivity contribution < 1.29 is 9.47 Å². The zero-order chi connectivity index (χ0) is 13.9. The predicted molar refractivity (Wildman–Crippen MR) is 76.6 cm³/mol. The molecule has 2 rings (SSSR count). The lowest BCUT2D eigenvalue weighted by molar-refractivity contribution is -0.0977. The van der Waals surface area contributed by atoms with Gasteiger partial charge in [-0.05, 0) is 32.4 Å². The van der Waals surface area contributed by atoms with Gasteiger partial charge in [0, 0.05) is 24.3 Å². The van der Waals surface area contributed by atoms with Crippen LogP contribution < -0.4 is 10.1 Å². The number of nitrogens with zero attached hydrogens (tertiary/aromatic N) is 1. The van der Waals surface area contributed by atoms with Gasteiger partial charge in [-0.1, -0.05) is 13.8 Å². The number of anilines is 1. The van der Waals surface area contributed by atoms with Crippen molar-refractivity contribution in [2.45, 2.75) is 46.3 Å². The van der Waals surface area contributed by atoms with Gasteiger partial charge in [0.05, 0.1) is 12.7 Å². The molecule has 19 heavy (non-hydrogen) atoms. The van der Waals surface area contributed by atoms with Gasteiger partial charge in [-0.15, -0.1) is 0 Å². The van der Waals surface area contributed by atoms with E-state index in [0.717, 1.165) is 24.6 Å². The Morgan fingerprint density at radius 3 is 2.79 bits per heavy atom. The summed E-state index contributed by atoms with van der Waals surface area (Å²) in [4.78, 5) is 4.38. The first-order chi connectivity index (χ1) is 9.09. The molecule has 4 nitrogen and oxygen atoms in total. The summed E-state index contributed by atoms with van der Waals surface area (Å²) in [7, 11) is 0. The van der Waals surface area contributed by atoms with Crippen LogP contribution in [0.5, 0.6) is 5.75 Å². The monoisotopic (exact) mass is 264 g/mol. The molecule has 1 saturated carbocycles. The lowest BCUT2D eigenvalue weighted by Crippen LogP contribution is -2.58. The largest absolute Gasteiger partial charge is 0.490 e. The molecule has 0 aromatic carbocycles. The fraction of sp³-hybridized carbons (Fsp3) is 0.667. The Kier molecular flexibility index (Phi) is 4.30. The van der Waals surface area contributed by atoms with Gasteiger partial charge in [0.15, 0.2) is 11.6 Å². The van der Waals surface area contributed by atoms with Gasteiger partial charge in [0.25, 0.3) is 0 Å². The highest BCUT2D eigenvalue weighted by molar-refractivity contribution is 5.51. The molecule has 1 aromatic rings. The van der Waals surface area contributed by atoms with Gasteiger partial charge >= 0.3 is 0 Å². The maximum absolute atomic E-state index is 5.75. The third-order valence-corrected chi connectivity index (χ3v) is 3.93. The molecular formula is C15H24N2O2. The van der Waals surface area contributed by atoms with E-state index in [2.05, 4.69) is 24.1 Å². The quantitative estimate of drug-likeness (QED) is 0.857. The molecule has 4 heteroatoms. The summed E-state index contributed by atoms with van der Waals surface area (Å²) >= 11 is 0. The minimum Gasteiger partial charge on any atom is -0.490 e. The Bertz CT molecular complexity index is 420. The number of aromatic nitrogens is 1. The normalized spacial score (nSPS) is 24.6. The molecule has 0 saturated heterocycles. The molecule has 0 bridgehead atoms. The van der Waals surface area contributed by atoms with Crippen LogP contribution >= 0.6 is 0 Å². The molecule has 106 valence electrons. The van der Waals surface area contributed by atoms with Crippen LogP contribution in [0.4, 0.5) is 5.82 Å². The van der Waals surface area contributed by atoms with E-state index in [9.17, 15) is 0 Å². The molecule has 2 unspecified atom stereocenters. The van der Waals surface area contributed by atoms with Crippen LogP contribution in [0.1, 0.15) is 34.1 Å². The number of pyridine rings is 1. The lowest BCUT2D eigenvalue weighted by Gasteiger charge is -2.51. The molecule has 0 radical (unpaired) electrons. The second-order valence-corrected chi connectivity index (χ2v) is 5.48. The Morgan fingerprint density at radius 1 is 1.37 bits per heavy atom. The van der Waals surface area contributed by atoms with Crippen LogP contribution in [0.15, 0.2) is 18.3 Å². The van der Waals surface area contributed by atoms with Crippen LogP contribution in [-0.4, -0.2) is 30.3 Å². The zero-order valence-corrected chi connectivity index (χ0v) is 12.3. The molecule has 1 heterocycles. The summed E-state index contributed by atoms with van der Waals surface area (Å²) in [6.45, 7) is 9.91. The van der Waals surface area contributed by atoms with Gasteiger partial charge in [-0.3, -0.25) is 0 Å². The van der Waals surface area contributed by atoms with E-state index >= 15 is 0 Å². The van der Waals surface area contributed by atoms with Crippen LogP contribution in [0.25, 0.3) is 0 Å². The molecule has 0 amide bonds. The molecule has 1 fully saturated rings. The van der Waals surface area contributed by atoms with Crippen molar-refractivity contribution in [3.8, 4) is 5.75 Å². The summed E-state index contributed by atoms with van der Waals surface area (Å²) < 4.78 is 11.3. The van der Waals surface area contributed by atoms with Crippen molar-refractivity contribution >= 4 is 5.82 Å². The van der Waals surface area contributed by atoms with Gasteiger partial charge in [-0.2, -0.15) is 0 Å². The van der Waals surface area contributed by atoms with Crippen molar-refractivity contribution in [3.63, 3.8) is 0 Å². The van der Waals surface area contributed by atoms with Crippen molar-refractivity contribution in [1.82, 2.24) is 4.98 Å². The van der Waals surface area contributed by atoms with Crippen LogP contribution in [0, 0.1) is 5.41 Å². The zero-order valence-electron chi connectivity index (χ0n) is 12.3. The van der Waals surface area contributed by atoms with Crippen molar-refractivity contribution in [3.05, 3.63) is 18.3 Å². The first-order valence-electron chi connectivity index (χ1n) is 7.05. The highest BCUT2D eigenvalue weighted by Crippen LogP contribution is 2.44. The highest BCUT2D eigenvalue weighted by Gasteiger charge is 2.49. The molecule has 1 aliphatic rings. The summed E-state index contributed by atoms with van der Waals surface area (Å²) in [6.07, 6.45) is 3.13. The van der Waals surface area contributed by atoms with E-state index in [1.807, 2.05) is 26.0 Å². The van der Waals surface area contributed by atoms with Gasteiger partial charge in [0.1, 0.15) is 0 Å². The van der Waals surface area contributed by atoms with Crippen LogP contribution in [-0.2, 0) is 4.74 Å². The van der Waals surface area contributed by atoms with E-state index in [-0.39, 0.29) is 5.41 Å². The van der Waals surface area contributed by atoms with E-state index < -0.39 is 0 Å². The number of nitrogens with one attached hydrogen (secondary N) is 1. The number of hydrogen-bond acceptors (Lipinski definition) is 4. The van der Waals surface area contributed by atoms with E-state index in [1.165, 1.54) is 0 Å². The third kappa shape index (κ3) is 2.84. The molecule has 0 spiro atoms. The summed E-state index contributed by atoms with van der Waals surface area (Å²) in [5.74, 6) is 1.65. The van der Waals surface area contributed by atoms with E-state index in [4.69, 9.17) is 9.47 Å². The average molecular weight is 264 g/mol. The van der Waals surface area contributed by atoms with Crippen molar-refractivity contribution in [2.24, 2.45) is 5.41 Å². The molecule has 1 aromatic heterocycles. The second-order valence-electron chi connectivity index (χ2n) is 5.48. The maximum atomic E-state index is 5.75. The minimum absolute atomic E-state index is 0.122. The number of ether oxygens (including phenoxy) is 2. The Balaban J connectivity index is 2.03. The Morgan fingerprint density at radius 2 is 2.16 bits per heavy atom. The van der Waals surface area contributed by atoms with Crippen molar-refractivity contribution in [2.75, 3.05) is 18.5 Å². The predicted octanol–water partition coefficient (Wildman–Crippen LogP) is 3.10. The Hall–Kier alpha value is -1.29.